The van der Waals surface area contributed by atoms with Gasteiger partial charge in [0.2, 0.25) is 11.7 Å². The van der Waals surface area contributed by atoms with Crippen LogP contribution in [0.4, 0.5) is 5.69 Å². The summed E-state index contributed by atoms with van der Waals surface area (Å²) < 4.78 is 5.33. The Kier molecular flexibility index (Phi) is 5.30. The molecule has 0 saturated carbocycles. The highest BCUT2D eigenvalue weighted by Gasteiger charge is 2.25. The fraction of sp³-hybridized carbons (Fsp3) is 0.500. The molecule has 2 aromatic rings. The Morgan fingerprint density at radius 3 is 2.71 bits per heavy atom. The minimum Gasteiger partial charge on any atom is -0.389 e. The number of nitro benzene ring substituents is 1. The number of aromatic nitrogens is 2. The Balaban J connectivity index is 2.24. The Morgan fingerprint density at radius 2 is 2.12 bits per heavy atom. The lowest BCUT2D eigenvalue weighted by Crippen LogP contribution is -2.38. The summed E-state index contributed by atoms with van der Waals surface area (Å²) in [6.07, 6.45) is 0. The van der Waals surface area contributed by atoms with Crippen molar-refractivity contribution in [1.29, 1.82) is 0 Å². The average Bonchev–Trinajstić information content (AvgIpc) is 2.95. The van der Waals surface area contributed by atoms with Crippen LogP contribution in [-0.2, 0) is 0 Å². The van der Waals surface area contributed by atoms with E-state index in [-0.39, 0.29) is 17.6 Å². The molecule has 1 atom stereocenters. The second-order valence-electron chi connectivity index (χ2n) is 6.68. The summed E-state index contributed by atoms with van der Waals surface area (Å²) in [6, 6.07) is 5.86. The average molecular weight is 334 g/mol. The number of hydrogen-bond acceptors (Lipinski definition) is 7. The first-order valence-corrected chi connectivity index (χ1v) is 7.71. The van der Waals surface area contributed by atoms with Gasteiger partial charge in [-0.05, 0) is 19.8 Å². The highest BCUT2D eigenvalue weighted by Crippen LogP contribution is 2.25. The molecule has 0 fully saturated rings. The first-order chi connectivity index (χ1) is 11.2. The molecule has 0 aliphatic rings. The van der Waals surface area contributed by atoms with Gasteiger partial charge in [0.25, 0.3) is 5.69 Å². The molecule has 24 heavy (non-hydrogen) atoms. The third-order valence-corrected chi connectivity index (χ3v) is 3.44. The van der Waals surface area contributed by atoms with Crippen LogP contribution in [-0.4, -0.2) is 32.3 Å². The van der Waals surface area contributed by atoms with Gasteiger partial charge >= 0.3 is 0 Å². The molecule has 0 spiro atoms. The number of nitrogens with zero attached hydrogens (tertiary/aromatic N) is 3. The fourth-order valence-electron chi connectivity index (χ4n) is 2.21. The lowest BCUT2D eigenvalue weighted by molar-refractivity contribution is -0.384. The standard InChI is InChI=1S/C16H22N4O4/c1-10(2)13(17-9-16(3,4)21)15-18-14(19-24-15)11-6-5-7-12(8-11)20(22)23/h5-8,10,13,17,21H,9H2,1-4H3. The largest absolute Gasteiger partial charge is 0.389 e. The molecule has 0 aliphatic heterocycles. The minimum atomic E-state index is -0.865. The summed E-state index contributed by atoms with van der Waals surface area (Å²) in [6.45, 7) is 7.78. The van der Waals surface area contributed by atoms with Crippen molar-refractivity contribution in [2.24, 2.45) is 5.92 Å². The maximum Gasteiger partial charge on any atom is 0.270 e. The van der Waals surface area contributed by atoms with E-state index in [4.69, 9.17) is 4.52 Å². The van der Waals surface area contributed by atoms with E-state index >= 15 is 0 Å². The summed E-state index contributed by atoms with van der Waals surface area (Å²) in [4.78, 5) is 14.8. The molecule has 130 valence electrons. The molecule has 1 unspecified atom stereocenters. The summed E-state index contributed by atoms with van der Waals surface area (Å²) in [5.41, 5.74) is -0.376. The van der Waals surface area contributed by atoms with Crippen LogP contribution in [0.2, 0.25) is 0 Å². The van der Waals surface area contributed by atoms with E-state index in [0.29, 0.717) is 23.8 Å². The zero-order chi connectivity index (χ0) is 17.9. The van der Waals surface area contributed by atoms with Gasteiger partial charge in [-0.1, -0.05) is 31.1 Å². The molecule has 0 aliphatic carbocycles. The zero-order valence-electron chi connectivity index (χ0n) is 14.2. The highest BCUT2D eigenvalue weighted by atomic mass is 16.6. The maximum atomic E-state index is 10.9. The molecule has 2 rings (SSSR count). The SMILES string of the molecule is CC(C)C(NCC(C)(C)O)c1nc(-c2cccc([N+](=O)[O-])c2)no1. The Labute approximate surface area is 140 Å². The van der Waals surface area contributed by atoms with E-state index < -0.39 is 10.5 Å². The lowest BCUT2D eigenvalue weighted by Gasteiger charge is -2.24. The van der Waals surface area contributed by atoms with Gasteiger partial charge in [0.05, 0.1) is 16.6 Å². The monoisotopic (exact) mass is 334 g/mol. The van der Waals surface area contributed by atoms with Crippen molar-refractivity contribution in [3.8, 4) is 11.4 Å². The van der Waals surface area contributed by atoms with E-state index in [1.165, 1.54) is 12.1 Å². The van der Waals surface area contributed by atoms with Crippen molar-refractivity contribution in [3.05, 3.63) is 40.3 Å². The van der Waals surface area contributed by atoms with Gasteiger partial charge in [-0.15, -0.1) is 0 Å². The Bertz CT molecular complexity index is 706. The molecule has 0 amide bonds. The molecule has 1 aromatic carbocycles. The van der Waals surface area contributed by atoms with E-state index in [9.17, 15) is 15.2 Å². The summed E-state index contributed by atoms with van der Waals surface area (Å²) in [7, 11) is 0. The third kappa shape index (κ3) is 4.59. The molecule has 0 bridgehead atoms. The minimum absolute atomic E-state index is 0.0283. The smallest absolute Gasteiger partial charge is 0.270 e. The van der Waals surface area contributed by atoms with E-state index in [1.807, 2.05) is 13.8 Å². The van der Waals surface area contributed by atoms with Crippen molar-refractivity contribution in [2.75, 3.05) is 6.54 Å². The van der Waals surface area contributed by atoms with E-state index in [1.54, 1.807) is 26.0 Å². The zero-order valence-corrected chi connectivity index (χ0v) is 14.2. The summed E-state index contributed by atoms with van der Waals surface area (Å²) in [5.74, 6) is 0.839. The van der Waals surface area contributed by atoms with Crippen molar-refractivity contribution in [3.63, 3.8) is 0 Å². The summed E-state index contributed by atoms with van der Waals surface area (Å²) >= 11 is 0. The number of aliphatic hydroxyl groups is 1. The molecule has 0 saturated heterocycles. The number of non-ortho nitro benzene ring substituents is 1. The van der Waals surface area contributed by atoms with E-state index in [0.717, 1.165) is 0 Å². The van der Waals surface area contributed by atoms with Gasteiger partial charge < -0.3 is 14.9 Å². The van der Waals surface area contributed by atoms with E-state index in [2.05, 4.69) is 15.5 Å². The van der Waals surface area contributed by atoms with Crippen LogP contribution >= 0.6 is 0 Å². The van der Waals surface area contributed by atoms with Gasteiger partial charge in [-0.25, -0.2) is 0 Å². The van der Waals surface area contributed by atoms with Crippen LogP contribution in [0.25, 0.3) is 11.4 Å². The highest BCUT2D eigenvalue weighted by molar-refractivity contribution is 5.58. The molecule has 1 heterocycles. The molecule has 2 N–H and O–H groups in total. The van der Waals surface area contributed by atoms with Gasteiger partial charge in [-0.2, -0.15) is 4.98 Å². The van der Waals surface area contributed by atoms with Gasteiger partial charge in [-0.3, -0.25) is 10.1 Å². The molecular formula is C16H22N4O4. The first kappa shape index (κ1) is 18.0. The van der Waals surface area contributed by atoms with Crippen molar-refractivity contribution in [1.82, 2.24) is 15.5 Å². The second kappa shape index (κ2) is 7.06. The predicted octanol–water partition coefficient (Wildman–Crippen LogP) is 2.70. The van der Waals surface area contributed by atoms with Crippen LogP contribution < -0.4 is 5.32 Å². The quantitative estimate of drug-likeness (QED) is 0.591. The number of benzene rings is 1. The molecule has 1 aromatic heterocycles. The van der Waals surface area contributed by atoms with Crippen LogP contribution in [0.5, 0.6) is 0 Å². The summed E-state index contributed by atoms with van der Waals surface area (Å²) in [5, 5.41) is 27.9. The predicted molar refractivity (Wildman–Crippen MR) is 88.3 cm³/mol. The number of nitro groups is 1. The first-order valence-electron chi connectivity index (χ1n) is 7.71. The van der Waals surface area contributed by atoms with Crippen molar-refractivity contribution >= 4 is 5.69 Å². The van der Waals surface area contributed by atoms with Crippen LogP contribution in [0, 0.1) is 16.0 Å². The number of rotatable bonds is 7. The fourth-order valence-corrected chi connectivity index (χ4v) is 2.21. The molecular weight excluding hydrogens is 312 g/mol. The van der Waals surface area contributed by atoms with Gasteiger partial charge in [0.15, 0.2) is 0 Å². The molecule has 0 radical (unpaired) electrons. The normalized spacial score (nSPS) is 13.2. The third-order valence-electron chi connectivity index (χ3n) is 3.44. The maximum absolute atomic E-state index is 10.9. The van der Waals surface area contributed by atoms with Crippen molar-refractivity contribution < 1.29 is 14.6 Å². The lowest BCUT2D eigenvalue weighted by atomic mass is 10.0. The van der Waals surface area contributed by atoms with Gasteiger partial charge in [0, 0.05) is 24.2 Å². The van der Waals surface area contributed by atoms with Gasteiger partial charge in [0.1, 0.15) is 0 Å². The topological polar surface area (TPSA) is 114 Å². The second-order valence-corrected chi connectivity index (χ2v) is 6.68. The number of nitrogens with one attached hydrogen (secondary N) is 1. The van der Waals surface area contributed by atoms with Crippen LogP contribution in [0.15, 0.2) is 28.8 Å². The Hall–Kier alpha value is -2.32. The van der Waals surface area contributed by atoms with Crippen molar-refractivity contribution in [2.45, 2.75) is 39.3 Å². The molecule has 8 nitrogen and oxygen atoms in total. The van der Waals surface area contributed by atoms with Crippen LogP contribution in [0.3, 0.4) is 0 Å². The Morgan fingerprint density at radius 1 is 1.42 bits per heavy atom. The molecule has 8 heteroatoms. The number of hydrogen-bond donors (Lipinski definition) is 2. The van der Waals surface area contributed by atoms with Crippen LogP contribution in [0.1, 0.15) is 39.6 Å².